The van der Waals surface area contributed by atoms with Crippen molar-refractivity contribution in [2.45, 2.75) is 25.4 Å². The van der Waals surface area contributed by atoms with Crippen LogP contribution in [0.1, 0.15) is 25.3 Å². The number of nitrogens with zero attached hydrogens (tertiary/aromatic N) is 3. The smallest absolute Gasteiger partial charge is 0.268 e. The lowest BCUT2D eigenvalue weighted by molar-refractivity contribution is 0.0351. The Kier molecular flexibility index (Phi) is 3.15. The van der Waals surface area contributed by atoms with Gasteiger partial charge in [-0.15, -0.1) is 0 Å². The molecule has 0 unspecified atom stereocenters. The second-order valence-corrected chi connectivity index (χ2v) is 5.67. The predicted octanol–water partition coefficient (Wildman–Crippen LogP) is 1.15. The Balaban J connectivity index is 2.17. The van der Waals surface area contributed by atoms with Crippen molar-refractivity contribution in [1.82, 2.24) is 9.97 Å². The van der Waals surface area contributed by atoms with Crippen LogP contribution in [0, 0.1) is 11.3 Å². The highest BCUT2D eigenvalue weighted by Crippen LogP contribution is 2.30. The van der Waals surface area contributed by atoms with Crippen molar-refractivity contribution in [1.29, 1.82) is 5.26 Å². The number of nitrogens with one attached hydrogen (secondary N) is 1. The fourth-order valence-corrected chi connectivity index (χ4v) is 2.73. The van der Waals surface area contributed by atoms with Crippen molar-refractivity contribution in [3.8, 4) is 6.07 Å². The number of aromatic amines is 1. The van der Waals surface area contributed by atoms with E-state index in [4.69, 9.17) is 0 Å². The summed E-state index contributed by atoms with van der Waals surface area (Å²) in [6.45, 7) is 3.00. The average molecular weight is 284 g/mol. The third-order valence-electron chi connectivity index (χ3n) is 4.01. The van der Waals surface area contributed by atoms with Gasteiger partial charge in [0.25, 0.3) is 5.56 Å². The van der Waals surface area contributed by atoms with Gasteiger partial charge in [0.1, 0.15) is 17.1 Å². The number of hydrogen-bond donors (Lipinski definition) is 2. The Morgan fingerprint density at radius 1 is 1.48 bits per heavy atom. The van der Waals surface area contributed by atoms with Gasteiger partial charge in [0.2, 0.25) is 0 Å². The van der Waals surface area contributed by atoms with E-state index in [0.717, 1.165) is 0 Å². The van der Waals surface area contributed by atoms with Crippen molar-refractivity contribution < 1.29 is 5.11 Å². The van der Waals surface area contributed by atoms with Crippen molar-refractivity contribution >= 4 is 16.7 Å². The monoisotopic (exact) mass is 284 g/mol. The summed E-state index contributed by atoms with van der Waals surface area (Å²) in [6, 6.07) is 5.50. The molecule has 1 saturated heterocycles. The molecule has 2 N–H and O–H groups in total. The number of piperidine rings is 1. The van der Waals surface area contributed by atoms with E-state index in [1.165, 1.54) is 0 Å². The molecule has 1 aliphatic heterocycles. The molecule has 21 heavy (non-hydrogen) atoms. The summed E-state index contributed by atoms with van der Waals surface area (Å²) < 4.78 is 0. The summed E-state index contributed by atoms with van der Waals surface area (Å²) in [5.74, 6) is 0. The van der Waals surface area contributed by atoms with E-state index in [2.05, 4.69) is 9.97 Å². The first kappa shape index (κ1) is 13.6. The maximum absolute atomic E-state index is 12.1. The van der Waals surface area contributed by atoms with Crippen LogP contribution >= 0.6 is 0 Å². The van der Waals surface area contributed by atoms with Gasteiger partial charge < -0.3 is 15.0 Å². The van der Waals surface area contributed by atoms with Gasteiger partial charge in [-0.2, -0.15) is 5.26 Å². The number of H-pyrrole nitrogens is 1. The number of rotatable bonds is 1. The van der Waals surface area contributed by atoms with E-state index in [0.29, 0.717) is 42.7 Å². The minimum atomic E-state index is -0.687. The van der Waals surface area contributed by atoms with Gasteiger partial charge in [-0.1, -0.05) is 0 Å². The van der Waals surface area contributed by atoms with E-state index in [1.54, 1.807) is 18.3 Å². The minimum absolute atomic E-state index is 0.0859. The Bertz CT molecular complexity index is 778. The summed E-state index contributed by atoms with van der Waals surface area (Å²) in [7, 11) is 0. The van der Waals surface area contributed by atoms with Gasteiger partial charge >= 0.3 is 0 Å². The van der Waals surface area contributed by atoms with Gasteiger partial charge in [-0.05, 0) is 31.9 Å². The SMILES string of the molecule is CC1(O)CCN(c2c(C#N)c(=O)[nH]c3cccnc23)CC1. The lowest BCUT2D eigenvalue weighted by Gasteiger charge is -2.37. The third-order valence-corrected chi connectivity index (χ3v) is 4.01. The Morgan fingerprint density at radius 3 is 2.86 bits per heavy atom. The number of nitriles is 1. The van der Waals surface area contributed by atoms with Crippen LogP contribution in [0.2, 0.25) is 0 Å². The Labute approximate surface area is 121 Å². The number of pyridine rings is 2. The van der Waals surface area contributed by atoms with Crippen molar-refractivity contribution in [3.63, 3.8) is 0 Å². The lowest BCUT2D eigenvalue weighted by atomic mass is 9.93. The number of aromatic nitrogens is 2. The van der Waals surface area contributed by atoms with Crippen LogP contribution in [0.25, 0.3) is 11.0 Å². The molecule has 0 aliphatic carbocycles. The minimum Gasteiger partial charge on any atom is -0.390 e. The predicted molar refractivity (Wildman–Crippen MR) is 79.1 cm³/mol. The number of aliphatic hydroxyl groups is 1. The first-order chi connectivity index (χ1) is 10.0. The first-order valence-corrected chi connectivity index (χ1v) is 6.90. The maximum Gasteiger partial charge on any atom is 0.268 e. The largest absolute Gasteiger partial charge is 0.390 e. The molecule has 0 radical (unpaired) electrons. The molecule has 3 heterocycles. The molecular weight excluding hydrogens is 268 g/mol. The molecule has 2 aromatic heterocycles. The van der Waals surface area contributed by atoms with Crippen LogP contribution in [0.3, 0.4) is 0 Å². The zero-order valence-electron chi connectivity index (χ0n) is 11.8. The Morgan fingerprint density at radius 2 is 2.19 bits per heavy atom. The van der Waals surface area contributed by atoms with Crippen LogP contribution < -0.4 is 10.5 Å². The molecule has 108 valence electrons. The lowest BCUT2D eigenvalue weighted by Crippen LogP contribution is -2.43. The third kappa shape index (κ3) is 2.36. The van der Waals surface area contributed by atoms with E-state index in [9.17, 15) is 15.2 Å². The molecule has 0 aromatic carbocycles. The maximum atomic E-state index is 12.1. The van der Waals surface area contributed by atoms with Gasteiger partial charge in [0.15, 0.2) is 0 Å². The molecule has 6 heteroatoms. The molecular formula is C15H16N4O2. The highest BCUT2D eigenvalue weighted by atomic mass is 16.3. The summed E-state index contributed by atoms with van der Waals surface area (Å²) in [5, 5.41) is 19.4. The average Bonchev–Trinajstić information content (AvgIpc) is 2.46. The summed E-state index contributed by atoms with van der Waals surface area (Å²) in [6.07, 6.45) is 2.84. The van der Waals surface area contributed by atoms with Gasteiger partial charge in [-0.3, -0.25) is 9.78 Å². The van der Waals surface area contributed by atoms with Gasteiger partial charge in [0, 0.05) is 19.3 Å². The molecule has 2 aromatic rings. The molecule has 3 rings (SSSR count). The van der Waals surface area contributed by atoms with Crippen molar-refractivity contribution in [2.75, 3.05) is 18.0 Å². The first-order valence-electron chi connectivity index (χ1n) is 6.90. The molecule has 0 bridgehead atoms. The van der Waals surface area contributed by atoms with E-state index >= 15 is 0 Å². The molecule has 0 spiro atoms. The quantitative estimate of drug-likeness (QED) is 0.819. The van der Waals surface area contributed by atoms with Crippen LogP contribution in [-0.4, -0.2) is 33.8 Å². The van der Waals surface area contributed by atoms with E-state index < -0.39 is 11.2 Å². The molecule has 0 amide bonds. The number of hydrogen-bond acceptors (Lipinski definition) is 5. The number of anilines is 1. The second-order valence-electron chi connectivity index (χ2n) is 5.67. The fourth-order valence-electron chi connectivity index (χ4n) is 2.73. The van der Waals surface area contributed by atoms with E-state index in [1.807, 2.05) is 17.9 Å². The summed E-state index contributed by atoms with van der Waals surface area (Å²) >= 11 is 0. The van der Waals surface area contributed by atoms with Crippen molar-refractivity contribution in [3.05, 3.63) is 34.2 Å². The van der Waals surface area contributed by atoms with Crippen LogP contribution in [0.15, 0.2) is 23.1 Å². The number of fused-ring (bicyclic) bond motifs is 1. The summed E-state index contributed by atoms with van der Waals surface area (Å²) in [5.41, 5.74) is 0.817. The zero-order valence-corrected chi connectivity index (χ0v) is 11.8. The Hall–Kier alpha value is -2.39. The second kappa shape index (κ2) is 4.86. The van der Waals surface area contributed by atoms with Crippen LogP contribution in [0.5, 0.6) is 0 Å². The zero-order chi connectivity index (χ0) is 15.0. The fraction of sp³-hybridized carbons (Fsp3) is 0.400. The van der Waals surface area contributed by atoms with Crippen LogP contribution in [0.4, 0.5) is 5.69 Å². The standard InChI is InChI=1S/C15H16N4O2/c1-15(21)4-7-19(8-5-15)13-10(9-16)14(20)18-11-3-2-6-17-12(11)13/h2-3,6,21H,4-5,7-8H2,1H3,(H,18,20). The molecule has 1 aliphatic rings. The van der Waals surface area contributed by atoms with Crippen LogP contribution in [-0.2, 0) is 0 Å². The molecule has 0 saturated carbocycles. The van der Waals surface area contributed by atoms with Gasteiger partial charge in [-0.25, -0.2) is 0 Å². The van der Waals surface area contributed by atoms with Gasteiger partial charge in [0.05, 0.1) is 16.8 Å². The molecule has 1 fully saturated rings. The highest BCUT2D eigenvalue weighted by molar-refractivity contribution is 5.91. The summed E-state index contributed by atoms with van der Waals surface area (Å²) in [4.78, 5) is 21.1. The normalized spacial score (nSPS) is 17.7. The van der Waals surface area contributed by atoms with E-state index in [-0.39, 0.29) is 5.56 Å². The molecule has 6 nitrogen and oxygen atoms in total. The molecule has 0 atom stereocenters. The topological polar surface area (TPSA) is 93.0 Å². The highest BCUT2D eigenvalue weighted by Gasteiger charge is 2.30. The van der Waals surface area contributed by atoms with Crippen molar-refractivity contribution in [2.24, 2.45) is 0 Å².